The van der Waals surface area contributed by atoms with Crippen LogP contribution in [0.4, 0.5) is 4.79 Å². The summed E-state index contributed by atoms with van der Waals surface area (Å²) in [6, 6.07) is 3.87. The van der Waals surface area contributed by atoms with Crippen LogP contribution in [-0.2, 0) is 4.74 Å². The van der Waals surface area contributed by atoms with Crippen LogP contribution in [-0.4, -0.2) is 11.8 Å². The van der Waals surface area contributed by atoms with Crippen molar-refractivity contribution in [3.63, 3.8) is 0 Å². The van der Waals surface area contributed by atoms with Crippen molar-refractivity contribution in [2.24, 2.45) is 0 Å². The van der Waals surface area contributed by atoms with Crippen molar-refractivity contribution < 1.29 is 14.3 Å². The van der Waals surface area contributed by atoms with Gasteiger partial charge in [0.15, 0.2) is 5.75 Å². The predicted molar refractivity (Wildman–Crippen MR) is 93.4 cm³/mol. The molecule has 1 rings (SSSR count). The van der Waals surface area contributed by atoms with Crippen LogP contribution in [0.5, 0.6) is 5.75 Å². The van der Waals surface area contributed by atoms with Gasteiger partial charge in [0.2, 0.25) is 0 Å². The average Bonchev–Trinajstić information content (AvgIpc) is 2.20. The van der Waals surface area contributed by atoms with Gasteiger partial charge in [0.25, 0.3) is 0 Å². The van der Waals surface area contributed by atoms with Gasteiger partial charge in [-0.15, -0.1) is 0 Å². The third-order valence-electron chi connectivity index (χ3n) is 2.07. The Kier molecular flexibility index (Phi) is 5.66. The van der Waals surface area contributed by atoms with Crippen LogP contribution in [0.1, 0.15) is 33.3 Å². The zero-order valence-electron chi connectivity index (χ0n) is 11.3. The molecule has 0 amide bonds. The Morgan fingerprint density at radius 3 is 2.05 bits per heavy atom. The molecule has 1 aromatic carbocycles. The van der Waals surface area contributed by atoms with E-state index in [4.69, 9.17) is 9.47 Å². The quantitative estimate of drug-likeness (QED) is 0.326. The molecule has 0 unspecified atom stereocenters. The monoisotopic (exact) mass is 486 g/mol. The van der Waals surface area contributed by atoms with Crippen LogP contribution < -0.4 is 4.74 Å². The molecule has 0 aliphatic heterocycles. The minimum atomic E-state index is -0.689. The van der Waals surface area contributed by atoms with Gasteiger partial charge in [0.05, 0.1) is 7.14 Å². The number of carbonyl (C=O) groups excluding carboxylic acids is 1. The molecule has 3 nitrogen and oxygen atoms in total. The predicted octanol–water partition coefficient (Wildman–Crippen LogP) is 5.24. The van der Waals surface area contributed by atoms with Crippen molar-refractivity contribution in [2.75, 3.05) is 0 Å². The Hall–Kier alpha value is -0.310. The zero-order chi connectivity index (χ0) is 14.8. The number of hydrogen-bond acceptors (Lipinski definition) is 3. The molecule has 0 N–H and O–H groups in total. The van der Waals surface area contributed by atoms with E-state index in [1.165, 1.54) is 0 Å². The van der Waals surface area contributed by atoms with Crippen molar-refractivity contribution in [2.45, 2.75) is 33.3 Å². The maximum Gasteiger partial charge on any atom is 0.514 e. The summed E-state index contributed by atoms with van der Waals surface area (Å²) in [6.45, 7) is 11.2. The second-order valence-electron chi connectivity index (χ2n) is 5.12. The van der Waals surface area contributed by atoms with Crippen LogP contribution in [0.3, 0.4) is 0 Å². The lowest BCUT2D eigenvalue weighted by Crippen LogP contribution is -2.26. The number of hydrogen-bond donors (Lipinski definition) is 0. The third kappa shape index (κ3) is 5.29. The van der Waals surface area contributed by atoms with E-state index in [1.54, 1.807) is 20.8 Å². The van der Waals surface area contributed by atoms with Crippen molar-refractivity contribution in [1.29, 1.82) is 0 Å². The SMILES string of the molecule is C=C(C)c1cc(I)c(OC(=O)OC(C)(C)C)c(I)c1. The average molecular weight is 486 g/mol. The van der Waals surface area contributed by atoms with Crippen molar-refractivity contribution in [3.05, 3.63) is 31.4 Å². The van der Waals surface area contributed by atoms with E-state index < -0.39 is 11.8 Å². The van der Waals surface area contributed by atoms with E-state index in [9.17, 15) is 4.79 Å². The molecular formula is C14H16I2O3. The first-order valence-corrected chi connectivity index (χ1v) is 7.81. The fourth-order valence-corrected chi connectivity index (χ4v) is 3.25. The highest BCUT2D eigenvalue weighted by atomic mass is 127. The highest BCUT2D eigenvalue weighted by Gasteiger charge is 2.20. The fraction of sp³-hybridized carbons (Fsp3) is 0.357. The van der Waals surface area contributed by atoms with Crippen LogP contribution in [0.15, 0.2) is 18.7 Å². The Labute approximate surface area is 141 Å². The van der Waals surface area contributed by atoms with Gasteiger partial charge in [-0.1, -0.05) is 12.2 Å². The molecule has 0 saturated heterocycles. The molecule has 0 saturated carbocycles. The maximum atomic E-state index is 11.7. The second-order valence-corrected chi connectivity index (χ2v) is 7.44. The molecule has 0 spiro atoms. The summed E-state index contributed by atoms with van der Waals surface area (Å²) in [5.41, 5.74) is 1.44. The smallest absolute Gasteiger partial charge is 0.428 e. The Balaban J connectivity index is 2.97. The van der Waals surface area contributed by atoms with Crippen LogP contribution in [0.2, 0.25) is 0 Å². The molecule has 0 fully saturated rings. The van der Waals surface area contributed by atoms with Gasteiger partial charge < -0.3 is 9.47 Å². The molecule has 5 heteroatoms. The lowest BCUT2D eigenvalue weighted by Gasteiger charge is -2.19. The topological polar surface area (TPSA) is 35.5 Å². The molecule has 0 aromatic heterocycles. The van der Waals surface area contributed by atoms with Crippen LogP contribution >= 0.6 is 45.2 Å². The summed E-state index contributed by atoms with van der Waals surface area (Å²) in [5, 5.41) is 0. The lowest BCUT2D eigenvalue weighted by atomic mass is 10.1. The molecule has 1 aromatic rings. The first-order valence-electron chi connectivity index (χ1n) is 5.66. The molecule has 0 radical (unpaired) electrons. The number of halogens is 2. The number of carbonyl (C=O) groups is 1. The largest absolute Gasteiger partial charge is 0.514 e. The molecule has 0 atom stereocenters. The zero-order valence-corrected chi connectivity index (χ0v) is 15.7. The van der Waals surface area contributed by atoms with Crippen molar-refractivity contribution in [1.82, 2.24) is 0 Å². The normalized spacial score (nSPS) is 11.1. The van der Waals surface area contributed by atoms with Gasteiger partial charge >= 0.3 is 6.16 Å². The minimum Gasteiger partial charge on any atom is -0.428 e. The Morgan fingerprint density at radius 1 is 1.21 bits per heavy atom. The molecule has 19 heavy (non-hydrogen) atoms. The maximum absolute atomic E-state index is 11.7. The summed E-state index contributed by atoms with van der Waals surface area (Å²) in [6.07, 6.45) is -0.689. The Bertz CT molecular complexity index is 493. The van der Waals surface area contributed by atoms with E-state index in [0.717, 1.165) is 18.3 Å². The molecule has 0 aliphatic rings. The summed E-state index contributed by atoms with van der Waals surface area (Å²) < 4.78 is 12.1. The van der Waals surface area contributed by atoms with Gasteiger partial charge in [-0.05, 0) is 90.6 Å². The van der Waals surface area contributed by atoms with E-state index in [1.807, 2.05) is 19.1 Å². The fourth-order valence-electron chi connectivity index (χ4n) is 1.26. The first kappa shape index (κ1) is 16.7. The summed E-state index contributed by atoms with van der Waals surface area (Å²) >= 11 is 4.27. The highest BCUT2D eigenvalue weighted by molar-refractivity contribution is 14.1. The summed E-state index contributed by atoms with van der Waals surface area (Å²) in [4.78, 5) is 11.7. The molecule has 0 bridgehead atoms. The number of rotatable bonds is 2. The van der Waals surface area contributed by atoms with Gasteiger partial charge in [-0.2, -0.15) is 0 Å². The molecule has 0 heterocycles. The van der Waals surface area contributed by atoms with Gasteiger partial charge in [-0.3, -0.25) is 0 Å². The van der Waals surface area contributed by atoms with Crippen LogP contribution in [0.25, 0.3) is 5.57 Å². The number of ether oxygens (including phenoxy) is 2. The summed E-state index contributed by atoms with van der Waals surface area (Å²) in [7, 11) is 0. The second kappa shape index (κ2) is 6.43. The Morgan fingerprint density at radius 2 is 1.68 bits per heavy atom. The summed E-state index contributed by atoms with van der Waals surface area (Å²) in [5.74, 6) is 0.528. The number of allylic oxidation sites excluding steroid dienone is 1. The van der Waals surface area contributed by atoms with Gasteiger partial charge in [0.1, 0.15) is 5.60 Å². The van der Waals surface area contributed by atoms with E-state index >= 15 is 0 Å². The van der Waals surface area contributed by atoms with E-state index in [0.29, 0.717) is 5.75 Å². The van der Waals surface area contributed by atoms with E-state index in [2.05, 4.69) is 51.8 Å². The molecule has 0 aliphatic carbocycles. The standard InChI is InChI=1S/C14H16I2O3/c1-8(2)9-6-10(15)12(11(16)7-9)18-13(17)19-14(3,4)5/h6-7H,1H2,2-5H3. The lowest BCUT2D eigenvalue weighted by molar-refractivity contribution is 0.0203. The van der Waals surface area contributed by atoms with E-state index in [-0.39, 0.29) is 0 Å². The highest BCUT2D eigenvalue weighted by Crippen LogP contribution is 2.31. The molecule has 104 valence electrons. The minimum absolute atomic E-state index is 0.528. The third-order valence-corrected chi connectivity index (χ3v) is 3.67. The van der Waals surface area contributed by atoms with Crippen LogP contribution in [0, 0.1) is 7.14 Å². The first-order chi connectivity index (χ1) is 8.60. The van der Waals surface area contributed by atoms with Crippen molar-refractivity contribution >= 4 is 56.9 Å². The molecular weight excluding hydrogens is 470 g/mol. The van der Waals surface area contributed by atoms with Gasteiger partial charge in [-0.25, -0.2) is 4.79 Å². The number of benzene rings is 1. The van der Waals surface area contributed by atoms with Gasteiger partial charge in [0, 0.05) is 0 Å². The van der Waals surface area contributed by atoms with Crippen molar-refractivity contribution in [3.8, 4) is 5.75 Å².